The molecule has 1 aliphatic rings. The fraction of sp³-hybridized carbons (Fsp3) is 0.273. The zero-order valence-corrected chi connectivity index (χ0v) is 17.9. The van der Waals surface area contributed by atoms with E-state index in [2.05, 4.69) is 10.3 Å². The summed E-state index contributed by atoms with van der Waals surface area (Å²) in [5.41, 5.74) is 1.98. The third-order valence-corrected chi connectivity index (χ3v) is 7.26. The Morgan fingerprint density at radius 1 is 1.19 bits per heavy atom. The van der Waals surface area contributed by atoms with Crippen molar-refractivity contribution >= 4 is 26.8 Å². The Morgan fingerprint density at radius 2 is 1.97 bits per heavy atom. The van der Waals surface area contributed by atoms with Crippen molar-refractivity contribution in [1.82, 2.24) is 14.6 Å². The van der Waals surface area contributed by atoms with Gasteiger partial charge in [-0.2, -0.15) is 4.31 Å². The van der Waals surface area contributed by atoms with Crippen LogP contribution in [-0.2, 0) is 27.7 Å². The number of rotatable bonds is 6. The first-order valence-electron chi connectivity index (χ1n) is 9.91. The molecule has 0 unspecified atom stereocenters. The molecule has 0 atom stereocenters. The first-order valence-corrected chi connectivity index (χ1v) is 11.4. The molecule has 1 amide bonds. The maximum Gasteiger partial charge on any atom is 0.256 e. The standard InChI is InChI=1S/C22H23N3O5S/c1-30-11-9-23-22(27)19-13-24-20-7-6-17(12-18(20)21(19)26)31(28,29)25-10-8-15-4-2-3-5-16(15)14-25/h2-7,12-13H,8-11,14H2,1H3,(H,23,27)(H,24,26). The van der Waals surface area contributed by atoms with Gasteiger partial charge in [0, 0.05) is 43.8 Å². The Bertz CT molecular complexity index is 1300. The van der Waals surface area contributed by atoms with Crippen LogP contribution in [0.4, 0.5) is 0 Å². The number of pyridine rings is 1. The number of carbonyl (C=O) groups excluding carboxylic acids is 1. The van der Waals surface area contributed by atoms with Crippen LogP contribution in [0.3, 0.4) is 0 Å². The number of nitrogens with zero attached hydrogens (tertiary/aromatic N) is 1. The number of H-pyrrole nitrogens is 1. The van der Waals surface area contributed by atoms with Gasteiger partial charge < -0.3 is 15.0 Å². The molecule has 3 aromatic rings. The van der Waals surface area contributed by atoms with Crippen LogP contribution in [0.15, 0.2) is 58.4 Å². The van der Waals surface area contributed by atoms with Crippen LogP contribution in [0.25, 0.3) is 10.9 Å². The monoisotopic (exact) mass is 441 g/mol. The zero-order valence-electron chi connectivity index (χ0n) is 17.1. The molecule has 9 heteroatoms. The van der Waals surface area contributed by atoms with Gasteiger partial charge in [0.1, 0.15) is 5.56 Å². The van der Waals surface area contributed by atoms with Crippen molar-refractivity contribution in [2.24, 2.45) is 0 Å². The Morgan fingerprint density at radius 3 is 2.74 bits per heavy atom. The molecule has 2 aromatic carbocycles. The lowest BCUT2D eigenvalue weighted by Gasteiger charge is -2.28. The normalized spacial score (nSPS) is 14.4. The summed E-state index contributed by atoms with van der Waals surface area (Å²) in [6.45, 7) is 1.24. The van der Waals surface area contributed by atoms with E-state index in [-0.39, 0.29) is 28.9 Å². The van der Waals surface area contributed by atoms with Gasteiger partial charge in [-0.05, 0) is 35.7 Å². The summed E-state index contributed by atoms with van der Waals surface area (Å²) in [5, 5.41) is 2.75. The first-order chi connectivity index (χ1) is 14.9. The highest BCUT2D eigenvalue weighted by atomic mass is 32.2. The minimum Gasteiger partial charge on any atom is -0.383 e. The molecular weight excluding hydrogens is 418 g/mol. The van der Waals surface area contributed by atoms with Crippen molar-refractivity contribution in [2.45, 2.75) is 17.9 Å². The number of methoxy groups -OCH3 is 1. The second kappa shape index (κ2) is 8.62. The molecule has 2 N–H and O–H groups in total. The van der Waals surface area contributed by atoms with E-state index in [1.165, 1.54) is 29.7 Å². The predicted octanol–water partition coefficient (Wildman–Crippen LogP) is 1.65. The minimum atomic E-state index is -3.80. The van der Waals surface area contributed by atoms with E-state index in [9.17, 15) is 18.0 Å². The molecule has 0 bridgehead atoms. The summed E-state index contributed by atoms with van der Waals surface area (Å²) >= 11 is 0. The molecule has 0 saturated heterocycles. The molecule has 0 aliphatic carbocycles. The van der Waals surface area contributed by atoms with Crippen molar-refractivity contribution in [2.75, 3.05) is 26.8 Å². The lowest BCUT2D eigenvalue weighted by Crippen LogP contribution is -2.36. The summed E-state index contributed by atoms with van der Waals surface area (Å²) in [6.07, 6.45) is 1.97. The van der Waals surface area contributed by atoms with Crippen LogP contribution in [-0.4, -0.2) is 50.4 Å². The van der Waals surface area contributed by atoms with E-state index >= 15 is 0 Å². The van der Waals surface area contributed by atoms with Crippen molar-refractivity contribution in [1.29, 1.82) is 0 Å². The van der Waals surface area contributed by atoms with Crippen LogP contribution in [0.2, 0.25) is 0 Å². The third-order valence-electron chi connectivity index (χ3n) is 5.42. The van der Waals surface area contributed by atoms with Gasteiger partial charge in [0.2, 0.25) is 15.5 Å². The third kappa shape index (κ3) is 4.12. The van der Waals surface area contributed by atoms with Gasteiger partial charge in [0.05, 0.1) is 11.5 Å². The molecular formula is C22H23N3O5S. The quantitative estimate of drug-likeness (QED) is 0.566. The number of hydrogen-bond acceptors (Lipinski definition) is 5. The van der Waals surface area contributed by atoms with E-state index in [1.807, 2.05) is 24.3 Å². The molecule has 0 saturated carbocycles. The van der Waals surface area contributed by atoms with Gasteiger partial charge in [-0.1, -0.05) is 24.3 Å². The van der Waals surface area contributed by atoms with E-state index in [4.69, 9.17) is 4.74 Å². The molecule has 0 fully saturated rings. The predicted molar refractivity (Wildman–Crippen MR) is 117 cm³/mol. The van der Waals surface area contributed by atoms with E-state index < -0.39 is 21.4 Å². The second-order valence-electron chi connectivity index (χ2n) is 7.34. The van der Waals surface area contributed by atoms with Crippen LogP contribution in [0.5, 0.6) is 0 Å². The number of aromatic amines is 1. The topological polar surface area (TPSA) is 109 Å². The van der Waals surface area contributed by atoms with Gasteiger partial charge in [0.15, 0.2) is 0 Å². The molecule has 162 valence electrons. The molecule has 31 heavy (non-hydrogen) atoms. The first kappa shape index (κ1) is 21.2. The Labute approximate surface area is 179 Å². The number of hydrogen-bond donors (Lipinski definition) is 2. The average molecular weight is 442 g/mol. The summed E-state index contributed by atoms with van der Waals surface area (Å²) < 4.78 is 32.8. The van der Waals surface area contributed by atoms with E-state index in [1.54, 1.807) is 6.07 Å². The fourth-order valence-electron chi connectivity index (χ4n) is 3.71. The fourth-order valence-corrected chi connectivity index (χ4v) is 5.16. The number of fused-ring (bicyclic) bond motifs is 2. The molecule has 0 spiro atoms. The molecule has 0 radical (unpaired) electrons. The second-order valence-corrected chi connectivity index (χ2v) is 9.28. The molecule has 4 rings (SSSR count). The Hall–Kier alpha value is -3.01. The number of carbonyl (C=O) groups is 1. The summed E-state index contributed by atoms with van der Waals surface area (Å²) in [6, 6.07) is 12.1. The van der Waals surface area contributed by atoms with Gasteiger partial charge in [-0.3, -0.25) is 9.59 Å². The van der Waals surface area contributed by atoms with Crippen molar-refractivity contribution in [3.63, 3.8) is 0 Å². The van der Waals surface area contributed by atoms with E-state index in [0.29, 0.717) is 25.1 Å². The van der Waals surface area contributed by atoms with Gasteiger partial charge >= 0.3 is 0 Å². The minimum absolute atomic E-state index is 0.0295. The molecule has 8 nitrogen and oxygen atoms in total. The summed E-state index contributed by atoms with van der Waals surface area (Å²) in [4.78, 5) is 28.1. The largest absolute Gasteiger partial charge is 0.383 e. The van der Waals surface area contributed by atoms with Crippen molar-refractivity contribution < 1.29 is 17.9 Å². The van der Waals surface area contributed by atoms with Gasteiger partial charge in [0.25, 0.3) is 5.91 Å². The lowest BCUT2D eigenvalue weighted by molar-refractivity contribution is 0.0936. The Kier molecular flexibility index (Phi) is 5.90. The van der Waals surface area contributed by atoms with Gasteiger partial charge in [-0.25, -0.2) is 8.42 Å². The highest BCUT2D eigenvalue weighted by Crippen LogP contribution is 2.26. The van der Waals surface area contributed by atoms with Crippen molar-refractivity contribution in [3.05, 3.63) is 75.6 Å². The van der Waals surface area contributed by atoms with E-state index in [0.717, 1.165) is 11.1 Å². The zero-order chi connectivity index (χ0) is 22.0. The lowest BCUT2D eigenvalue weighted by atomic mass is 10.0. The number of sulfonamides is 1. The highest BCUT2D eigenvalue weighted by molar-refractivity contribution is 7.89. The van der Waals surface area contributed by atoms with Crippen molar-refractivity contribution in [3.8, 4) is 0 Å². The molecule has 2 heterocycles. The summed E-state index contributed by atoms with van der Waals surface area (Å²) in [7, 11) is -2.29. The van der Waals surface area contributed by atoms with Crippen LogP contribution in [0, 0.1) is 0 Å². The summed E-state index contributed by atoms with van der Waals surface area (Å²) in [5.74, 6) is -0.541. The average Bonchev–Trinajstić information content (AvgIpc) is 2.79. The van der Waals surface area contributed by atoms with Crippen LogP contribution >= 0.6 is 0 Å². The highest BCUT2D eigenvalue weighted by Gasteiger charge is 2.28. The van der Waals surface area contributed by atoms with Crippen LogP contribution in [0.1, 0.15) is 21.5 Å². The smallest absolute Gasteiger partial charge is 0.256 e. The number of ether oxygens (including phenoxy) is 1. The van der Waals surface area contributed by atoms with Gasteiger partial charge in [-0.15, -0.1) is 0 Å². The molecule has 1 aliphatic heterocycles. The molecule has 1 aromatic heterocycles. The SMILES string of the molecule is COCCNC(=O)c1c[nH]c2ccc(S(=O)(=O)N3CCc4ccccc4C3)cc2c1=O. The Balaban J connectivity index is 1.67. The maximum absolute atomic E-state index is 13.3. The maximum atomic E-state index is 13.3. The number of aromatic nitrogens is 1. The van der Waals surface area contributed by atoms with Crippen LogP contribution < -0.4 is 10.7 Å². The number of nitrogens with one attached hydrogen (secondary N) is 2. The number of amides is 1. The number of benzene rings is 2.